The van der Waals surface area contributed by atoms with Crippen molar-refractivity contribution in [1.29, 1.82) is 0 Å². The number of ether oxygens (including phenoxy) is 2. The Morgan fingerprint density at radius 3 is 2.13 bits per heavy atom. The highest BCUT2D eigenvalue weighted by Gasteiger charge is 2.33. The molecule has 0 radical (unpaired) electrons. The molecule has 5 heterocycles. The van der Waals surface area contributed by atoms with Gasteiger partial charge in [0.1, 0.15) is 5.69 Å². The molecule has 0 spiro atoms. The Kier molecular flexibility index (Phi) is 15.4. The van der Waals surface area contributed by atoms with E-state index in [1.54, 1.807) is 41.4 Å². The van der Waals surface area contributed by atoms with Gasteiger partial charge in [-0.2, -0.15) is 13.2 Å². The number of piperazine rings is 1. The summed E-state index contributed by atoms with van der Waals surface area (Å²) >= 11 is 0. The van der Waals surface area contributed by atoms with Gasteiger partial charge in [-0.3, -0.25) is 29.1 Å². The van der Waals surface area contributed by atoms with Gasteiger partial charge in [0, 0.05) is 81.8 Å². The number of fused-ring (bicyclic) bond motifs is 2. The van der Waals surface area contributed by atoms with Gasteiger partial charge in [0.2, 0.25) is 0 Å². The maximum atomic E-state index is 13.6. The number of hydrogen-bond donors (Lipinski definition) is 3. The van der Waals surface area contributed by atoms with E-state index in [0.29, 0.717) is 88.5 Å². The number of nitrogens with one attached hydrogen (secondary N) is 3. The van der Waals surface area contributed by atoms with Gasteiger partial charge in [0.25, 0.3) is 23.3 Å². The summed E-state index contributed by atoms with van der Waals surface area (Å²) in [5.41, 5.74) is 5.62. The normalized spacial score (nSPS) is 14.9. The summed E-state index contributed by atoms with van der Waals surface area (Å²) in [6.45, 7) is 8.83. The van der Waals surface area contributed by atoms with Crippen molar-refractivity contribution in [3.63, 3.8) is 0 Å². The summed E-state index contributed by atoms with van der Waals surface area (Å²) in [6.07, 6.45) is 1.14. The largest absolute Gasteiger partial charge is 0.417 e. The van der Waals surface area contributed by atoms with E-state index >= 15 is 0 Å². The fourth-order valence-electron chi connectivity index (χ4n) is 8.87. The molecule has 2 fully saturated rings. The summed E-state index contributed by atoms with van der Waals surface area (Å²) < 4.78 is 52.0. The third-order valence-electron chi connectivity index (χ3n) is 12.7. The van der Waals surface area contributed by atoms with Crippen molar-refractivity contribution in [1.82, 2.24) is 35.4 Å². The summed E-state index contributed by atoms with van der Waals surface area (Å²) in [4.78, 5) is 69.4. The average molecular weight is 933 g/mol. The van der Waals surface area contributed by atoms with E-state index < -0.39 is 11.7 Å². The van der Waals surface area contributed by atoms with Gasteiger partial charge < -0.3 is 34.9 Å². The number of aromatic nitrogens is 3. The van der Waals surface area contributed by atoms with Gasteiger partial charge in [-0.15, -0.1) is 0 Å². The lowest BCUT2D eigenvalue weighted by Crippen LogP contribution is -2.46. The van der Waals surface area contributed by atoms with Crippen molar-refractivity contribution in [2.24, 2.45) is 0 Å². The SMILES string of the molecule is CCc1cc2ncc(CN3CCN(c4ccc(C(=O)NCCOCCOCCNC(=O)c5ccc(C6CCN(C(=O)c7cccc8c(C(F)(F)F)cccc78)CC6)cc5)nc4)CC3)cc2[nH]c1=O. The topological polar surface area (TPSA) is 162 Å². The van der Waals surface area contributed by atoms with Crippen LogP contribution in [0.15, 0.2) is 102 Å². The molecule has 356 valence electrons. The van der Waals surface area contributed by atoms with Crippen LogP contribution in [0.25, 0.3) is 21.8 Å². The van der Waals surface area contributed by atoms with Crippen LogP contribution in [0.1, 0.15) is 79.1 Å². The van der Waals surface area contributed by atoms with Crippen molar-refractivity contribution in [3.8, 4) is 0 Å². The molecule has 17 heteroatoms. The van der Waals surface area contributed by atoms with Gasteiger partial charge in [0.15, 0.2) is 0 Å². The number of aryl methyl sites for hydroxylation is 1. The van der Waals surface area contributed by atoms with E-state index in [1.165, 1.54) is 18.2 Å². The first-order chi connectivity index (χ1) is 32.9. The zero-order valence-corrected chi connectivity index (χ0v) is 37.9. The molecular weight excluding hydrogens is 878 g/mol. The highest BCUT2D eigenvalue weighted by atomic mass is 19.4. The predicted octanol–water partition coefficient (Wildman–Crippen LogP) is 6.59. The Hall–Kier alpha value is -6.69. The summed E-state index contributed by atoms with van der Waals surface area (Å²) in [7, 11) is 0. The van der Waals surface area contributed by atoms with Gasteiger partial charge in [-0.05, 0) is 95.6 Å². The number of H-pyrrole nitrogens is 1. The second-order valence-electron chi connectivity index (χ2n) is 17.0. The summed E-state index contributed by atoms with van der Waals surface area (Å²) in [5, 5.41) is 5.99. The van der Waals surface area contributed by atoms with Gasteiger partial charge in [-0.25, -0.2) is 4.98 Å². The van der Waals surface area contributed by atoms with Crippen LogP contribution in [0.3, 0.4) is 0 Å². The maximum absolute atomic E-state index is 13.6. The number of pyridine rings is 3. The van der Waals surface area contributed by atoms with Crippen LogP contribution >= 0.6 is 0 Å². The quantitative estimate of drug-likeness (QED) is 0.0852. The molecule has 0 unspecified atom stereocenters. The van der Waals surface area contributed by atoms with Gasteiger partial charge >= 0.3 is 6.18 Å². The molecule has 0 aliphatic carbocycles. The number of nitrogens with zero attached hydrogens (tertiary/aromatic N) is 5. The number of alkyl halides is 3. The van der Waals surface area contributed by atoms with Crippen molar-refractivity contribution < 1.29 is 37.0 Å². The van der Waals surface area contributed by atoms with E-state index in [2.05, 4.69) is 35.4 Å². The number of carbonyl (C=O) groups excluding carboxylic acids is 3. The maximum Gasteiger partial charge on any atom is 0.417 e. The van der Waals surface area contributed by atoms with Crippen LogP contribution in [0.5, 0.6) is 0 Å². The lowest BCUT2D eigenvalue weighted by atomic mass is 9.88. The minimum Gasteiger partial charge on any atom is -0.377 e. The summed E-state index contributed by atoms with van der Waals surface area (Å²) in [5.74, 6) is -0.609. The van der Waals surface area contributed by atoms with E-state index in [-0.39, 0.29) is 40.1 Å². The molecule has 8 rings (SSSR count). The second-order valence-corrected chi connectivity index (χ2v) is 17.0. The number of anilines is 1. The Morgan fingerprint density at radius 2 is 1.46 bits per heavy atom. The number of piperidine rings is 1. The number of aromatic amines is 1. The van der Waals surface area contributed by atoms with E-state index in [4.69, 9.17) is 9.47 Å². The smallest absolute Gasteiger partial charge is 0.377 e. The molecule has 0 atom stereocenters. The monoisotopic (exact) mass is 932 g/mol. The molecule has 2 aliphatic heterocycles. The highest BCUT2D eigenvalue weighted by molar-refractivity contribution is 6.08. The third-order valence-corrected chi connectivity index (χ3v) is 12.7. The third kappa shape index (κ3) is 11.7. The number of likely N-dealkylation sites (tertiary alicyclic amines) is 1. The zero-order chi connectivity index (χ0) is 47.6. The van der Waals surface area contributed by atoms with E-state index in [9.17, 15) is 32.3 Å². The molecule has 68 heavy (non-hydrogen) atoms. The van der Waals surface area contributed by atoms with Crippen LogP contribution in [-0.2, 0) is 28.6 Å². The van der Waals surface area contributed by atoms with Gasteiger partial charge in [0.05, 0.1) is 54.9 Å². The molecule has 2 aliphatic rings. The second kappa shape index (κ2) is 22.0. The Morgan fingerprint density at radius 1 is 0.765 bits per heavy atom. The summed E-state index contributed by atoms with van der Waals surface area (Å²) in [6, 6.07) is 23.3. The van der Waals surface area contributed by atoms with Crippen LogP contribution < -0.4 is 21.1 Å². The van der Waals surface area contributed by atoms with E-state index in [1.807, 2.05) is 43.5 Å². The van der Waals surface area contributed by atoms with Crippen molar-refractivity contribution in [2.45, 2.75) is 44.8 Å². The number of halogens is 3. The highest BCUT2D eigenvalue weighted by Crippen LogP contribution is 2.36. The van der Waals surface area contributed by atoms with Crippen LogP contribution in [0.4, 0.5) is 18.9 Å². The van der Waals surface area contributed by atoms with E-state index in [0.717, 1.165) is 72.2 Å². The van der Waals surface area contributed by atoms with Crippen molar-refractivity contribution in [3.05, 3.63) is 147 Å². The van der Waals surface area contributed by atoms with Crippen LogP contribution in [0.2, 0.25) is 0 Å². The molecule has 0 bridgehead atoms. The molecule has 2 saturated heterocycles. The Bertz CT molecular complexity index is 2770. The minimum absolute atomic E-state index is 0.0131. The standard InChI is InChI=1S/C51H55F3N8O6/c1-2-35-30-45-46(59-48(35)64)29-34(31-57-45)33-60-21-23-61(24-22-60)39-13-14-44(58-32-39)49(65)56-18-26-68-28-27-67-25-17-55-47(63)38-11-9-36(10-12-38)37-15-19-62(20-16-37)50(66)42-7-3-6-41-40(42)5-4-8-43(41)51(52,53)54/h3-14,29-32,37H,2,15-28,33H2,1H3,(H,55,63)(H,56,65)(H,59,64). The molecule has 0 saturated carbocycles. The number of rotatable bonds is 17. The lowest BCUT2D eigenvalue weighted by Gasteiger charge is -2.36. The number of hydrogen-bond acceptors (Lipinski definition) is 10. The van der Waals surface area contributed by atoms with Crippen molar-refractivity contribution >= 4 is 45.2 Å². The zero-order valence-electron chi connectivity index (χ0n) is 37.9. The predicted molar refractivity (Wildman–Crippen MR) is 253 cm³/mol. The lowest BCUT2D eigenvalue weighted by molar-refractivity contribution is -0.136. The fourth-order valence-corrected chi connectivity index (χ4v) is 8.87. The molecule has 3 aromatic heterocycles. The number of benzene rings is 3. The van der Waals surface area contributed by atoms with Crippen LogP contribution in [0, 0.1) is 0 Å². The first-order valence-corrected chi connectivity index (χ1v) is 23.1. The first kappa shape index (κ1) is 47.8. The Balaban J connectivity index is 0.663. The Labute approximate surface area is 391 Å². The first-order valence-electron chi connectivity index (χ1n) is 23.1. The molecular formula is C51H55F3N8O6. The fraction of sp³-hybridized carbons (Fsp3) is 0.373. The molecule has 14 nitrogen and oxygen atoms in total. The molecule has 3 amide bonds. The van der Waals surface area contributed by atoms with Crippen LogP contribution in [-0.4, -0.2) is 121 Å². The number of carbonyl (C=O) groups is 3. The number of amides is 3. The van der Waals surface area contributed by atoms with Gasteiger partial charge in [-0.1, -0.05) is 43.3 Å². The molecule has 6 aromatic rings. The minimum atomic E-state index is -4.52. The molecule has 3 aromatic carbocycles. The average Bonchev–Trinajstić information content (AvgIpc) is 3.36. The van der Waals surface area contributed by atoms with Crippen molar-refractivity contribution in [2.75, 3.05) is 83.7 Å². The molecule has 3 N–H and O–H groups in total.